The normalized spacial score (nSPS) is 29.3. The Morgan fingerprint density at radius 1 is 0.417 bits per heavy atom. The van der Waals surface area contributed by atoms with Gasteiger partial charge < -0.3 is 148 Å². The molecule has 688 valence electrons. The molecule has 6 aliphatic rings. The highest BCUT2D eigenvalue weighted by Gasteiger charge is 2.48. The van der Waals surface area contributed by atoms with Crippen molar-refractivity contribution < 1.29 is 112 Å². The molecule has 24 atom stereocenters. The number of fused-ring (bicyclic) bond motifs is 4. The van der Waals surface area contributed by atoms with Crippen molar-refractivity contribution in [2.45, 2.75) is 176 Å². The van der Waals surface area contributed by atoms with E-state index in [0.29, 0.717) is 23.1 Å². The van der Waals surface area contributed by atoms with Crippen LogP contribution in [0.25, 0.3) is 44.7 Å². The highest BCUT2D eigenvalue weighted by Crippen LogP contribution is 2.56. The first-order chi connectivity index (χ1) is 60.2. The third kappa shape index (κ3) is 21.0. The van der Waals surface area contributed by atoms with E-state index >= 15 is 0 Å². The number of nitrogen functional groups attached to an aromatic ring is 5. The summed E-state index contributed by atoms with van der Waals surface area (Å²) in [7, 11) is 1.04. The molecule has 0 amide bonds. The quantitative estimate of drug-likeness (QED) is 0.0180. The Kier molecular flexibility index (Phi) is 27.7. The van der Waals surface area contributed by atoms with Gasteiger partial charge in [-0.15, -0.1) is 0 Å². The van der Waals surface area contributed by atoms with Crippen LogP contribution < -0.4 is 75.6 Å². The lowest BCUT2D eigenvalue weighted by Gasteiger charge is -2.36. The Bertz CT molecular complexity index is 6400. The summed E-state index contributed by atoms with van der Waals surface area (Å²) in [6.07, 6.45) is -11.8. The number of H-pyrrole nitrogens is 2. The number of imidazole rings is 4. The largest absolute Gasteiger partial charge is 0.780 e. The monoisotopic (exact) mass is 2000 g/mol. The van der Waals surface area contributed by atoms with Gasteiger partial charge in [-0.3, -0.25) is 51.5 Å². The number of nitrogens with one attached hydrogen (secondary N) is 2. The summed E-state index contributed by atoms with van der Waals surface area (Å²) in [5.74, 6) is -0.185. The number of ether oxygens (including phenoxy) is 6. The highest BCUT2D eigenvalue weighted by atomic mass is 32.7. The number of anilines is 5. The maximum Gasteiger partial charge on any atom is 0.351 e. The molecule has 65 heteroatoms. The van der Waals surface area contributed by atoms with Gasteiger partial charge in [0.05, 0.1) is 101 Å². The van der Waals surface area contributed by atoms with Gasteiger partial charge in [-0.25, -0.2) is 59.4 Å². The third-order valence-corrected chi connectivity index (χ3v) is 30.6. The van der Waals surface area contributed by atoms with E-state index in [0.717, 1.165) is 16.2 Å². The van der Waals surface area contributed by atoms with Gasteiger partial charge in [-0.2, -0.15) is 9.97 Å². The number of hydrogen-bond acceptors (Lipinski definition) is 51. The van der Waals surface area contributed by atoms with Crippen LogP contribution in [0.1, 0.15) is 100 Å². The van der Waals surface area contributed by atoms with Crippen LogP contribution in [0.3, 0.4) is 0 Å². The lowest BCUT2D eigenvalue weighted by Crippen LogP contribution is -2.34. The predicted molar refractivity (Wildman–Crippen MR) is 449 cm³/mol. The molecule has 6 fully saturated rings. The van der Waals surface area contributed by atoms with Crippen LogP contribution in [0.5, 0.6) is 0 Å². The lowest BCUT2D eigenvalue weighted by atomic mass is 10.1. The number of rotatable bonds is 35. The maximum absolute atomic E-state index is 14.9. The van der Waals surface area contributed by atoms with E-state index in [4.69, 9.17) is 183 Å². The number of aromatic nitrogens is 20. The molecule has 53 nitrogen and oxygen atoms in total. The molecule has 0 saturated carbocycles. The van der Waals surface area contributed by atoms with E-state index < -0.39 is 213 Å². The summed E-state index contributed by atoms with van der Waals surface area (Å²) in [4.78, 5) is 179. The summed E-state index contributed by atoms with van der Waals surface area (Å²) in [5.41, 5.74) is 28.5. The number of nitrogens with zero attached hydrogens (tertiary/aromatic N) is 18. The van der Waals surface area contributed by atoms with Crippen LogP contribution in [0.2, 0.25) is 0 Å². The molecular formula is C62H75N25O28P6S6-6. The Labute approximate surface area is 744 Å². The predicted octanol–water partition coefficient (Wildman–Crippen LogP) is -1.27. The fraction of sp³-hybridized carbons (Fsp3) is 0.548. The van der Waals surface area contributed by atoms with Crippen molar-refractivity contribution in [2.24, 2.45) is 0 Å². The summed E-state index contributed by atoms with van der Waals surface area (Å²) < 4.78 is 131. The number of hydrogen-bond donors (Lipinski definition) is 7. The van der Waals surface area contributed by atoms with Crippen molar-refractivity contribution >= 4 is 186 Å². The Hall–Kier alpha value is -6.53. The summed E-state index contributed by atoms with van der Waals surface area (Å²) in [6, 6.07) is 0. The number of nitrogens with two attached hydrogens (primary N) is 5. The molecule has 6 aliphatic heterocycles. The Balaban J connectivity index is 0.613. The second-order valence-electron chi connectivity index (χ2n) is 29.3. The van der Waals surface area contributed by atoms with Gasteiger partial charge in [0.2, 0.25) is 5.95 Å². The zero-order valence-corrected chi connectivity index (χ0v) is 76.3. The second kappa shape index (κ2) is 37.5. The molecule has 0 aliphatic carbocycles. The van der Waals surface area contributed by atoms with Crippen molar-refractivity contribution in [1.29, 1.82) is 0 Å². The minimum absolute atomic E-state index is 0.00507. The topological polar surface area (TPSA) is 713 Å². The third-order valence-electron chi connectivity index (χ3n) is 21.1. The zero-order chi connectivity index (χ0) is 90.3. The molecule has 12 unspecified atom stereocenters. The first kappa shape index (κ1) is 93.7. The van der Waals surface area contributed by atoms with Crippen LogP contribution in [0.15, 0.2) is 75.9 Å². The second-order valence-corrected chi connectivity index (χ2v) is 45.6. The van der Waals surface area contributed by atoms with E-state index in [-0.39, 0.29) is 100 Å². The molecule has 12 N–H and O–H groups in total. The summed E-state index contributed by atoms with van der Waals surface area (Å²) in [5, 5.41) is 0. The van der Waals surface area contributed by atoms with Gasteiger partial charge in [-0.05, 0) is 20.3 Å². The smallest absolute Gasteiger partial charge is 0.351 e. The molecule has 127 heavy (non-hydrogen) atoms. The number of aryl methyl sites for hydroxylation is 2. The molecule has 0 aromatic carbocycles. The number of aromatic amines is 2. The average molecular weight is 2000 g/mol. The summed E-state index contributed by atoms with van der Waals surface area (Å²) in [6.45, 7) is -27.3. The van der Waals surface area contributed by atoms with Crippen molar-refractivity contribution in [3.63, 3.8) is 0 Å². The molecule has 16 rings (SSSR count). The lowest BCUT2D eigenvalue weighted by molar-refractivity contribution is -0.221. The molecular weight excluding hydrogens is 1920 g/mol. The van der Waals surface area contributed by atoms with E-state index in [1.54, 1.807) is 11.5 Å². The fourth-order valence-corrected chi connectivity index (χ4v) is 23.3. The van der Waals surface area contributed by atoms with Crippen molar-refractivity contribution in [3.8, 4) is 0 Å². The molecule has 0 bridgehead atoms. The first-order valence-electron chi connectivity index (χ1n) is 38.0. The van der Waals surface area contributed by atoms with Crippen LogP contribution in [0.4, 0.5) is 29.2 Å². The minimum atomic E-state index is -4.97. The SMILES string of the molecule is CC[C@H]1O[C@@H](n2cnc3c(N)ncnc32)CC1OP([O-])(=S)OC[C@H]1O[C@@H](n2cnc3c(N)ncnc32)CC1OP(=O)([S-])OC[C@H]1O[C@@H](n2cnc3c(N)ncnc32)CC1OP([O-])(=S)OC[C@H]1O[C@@H](n2cc(C)c(=O)[nH]c2=O)CC1OP([O-])(=S)OC[C@H]1O[C@@H](n2cnc3c(=O)[nH]c(N)nc32)CC1OP([O-])(=S)OC[C@H]1O[C@@H](n2cc(C)c(N)nc2=O)CC1OP([O-])(=S)OC. The van der Waals surface area contributed by atoms with E-state index in [1.165, 1.54) is 77.3 Å². The van der Waals surface area contributed by atoms with E-state index in [9.17, 15) is 48.2 Å². The summed E-state index contributed by atoms with van der Waals surface area (Å²) >= 11 is 32.6. The van der Waals surface area contributed by atoms with E-state index in [1.807, 2.05) is 6.92 Å². The molecule has 10 aromatic rings. The fourth-order valence-electron chi connectivity index (χ4n) is 15.0. The molecule has 0 radical (unpaired) electrons. The van der Waals surface area contributed by atoms with Crippen molar-refractivity contribution in [1.82, 2.24) is 97.2 Å². The highest BCUT2D eigenvalue weighted by molar-refractivity contribution is 8.32. The van der Waals surface area contributed by atoms with Crippen LogP contribution in [-0.2, 0) is 159 Å². The van der Waals surface area contributed by atoms with Gasteiger partial charge in [0.15, 0.2) is 52.4 Å². The minimum Gasteiger partial charge on any atom is -0.780 e. The molecule has 10 aromatic heterocycles. The van der Waals surface area contributed by atoms with E-state index in [2.05, 4.69) is 69.8 Å². The van der Waals surface area contributed by atoms with Gasteiger partial charge in [0.1, 0.15) is 143 Å². The Morgan fingerprint density at radius 3 is 1.14 bits per heavy atom. The van der Waals surface area contributed by atoms with Crippen LogP contribution in [0, 0.1) is 13.8 Å². The van der Waals surface area contributed by atoms with Gasteiger partial charge in [0.25, 0.3) is 11.1 Å². The Morgan fingerprint density at radius 2 is 0.748 bits per heavy atom. The molecule has 16 heterocycles. The van der Waals surface area contributed by atoms with Crippen LogP contribution in [-0.4, -0.2) is 211 Å². The van der Waals surface area contributed by atoms with Crippen molar-refractivity contribution in [2.75, 3.05) is 68.8 Å². The van der Waals surface area contributed by atoms with Gasteiger partial charge in [0, 0.05) is 69.2 Å². The standard InChI is InChI=1S/C62H81N25O28P6S6/c1-5-28-29(6-42(104-28)84-22-74-46-51(64)68-19-71-54(46)84)111-117(93,123)99-16-37-32(9-43(107-37)85-23-75-47-52(65)69-20-72-55(47)85)114-121(97,127)102-17-38-33(10-44(108-38)86-24-76-48-53(66)70-21-73-56(48)86)113-120(96,126)101-15-36-31(8-41(106-36)83-13-27(3)58(88)81-62(83)91)112-118(94,124)103-18-39-34(11-45(109-39)87-25-77-49-57(87)79-60(67)80-59(49)89)115-119(95,125)100-14-35-30(110-116(92,122)98-4)7-40(105-35)82-12-26(2)50(63)78-61(82)90/h12-13,19-25,28-45H,5-11,14-18H2,1-4H3,(H,92,122)(H,93,123)(H,94,124)(H,95,125)(H,96,126)(H,97,127)(H2,63,78,90)(H2,64,68,71)(H2,65,69,72)(H2,66,70,73)(H,81,88,91)(H3,67,79,80,89)/p-6/t28-,29?,30?,31?,32?,33?,34?,35-,36-,37-,38-,39-,40-,41-,42-,43-,44-,45-,116?,117?,118?,119?,120?,121?/m1/s1. The van der Waals surface area contributed by atoms with Crippen LogP contribution >= 0.6 is 40.4 Å². The van der Waals surface area contributed by atoms with Gasteiger partial charge >= 0.3 is 11.4 Å². The zero-order valence-electron chi connectivity index (χ0n) is 66.1. The van der Waals surface area contributed by atoms with Gasteiger partial charge in [-0.1, -0.05) is 66.0 Å². The first-order valence-corrected chi connectivity index (χ1v) is 53.4. The average Bonchev–Trinajstić information content (AvgIpc) is 1.64. The van der Waals surface area contributed by atoms with Crippen molar-refractivity contribution in [3.05, 3.63) is 109 Å². The molecule has 6 saturated heterocycles. The molecule has 0 spiro atoms. The maximum atomic E-state index is 14.9.